The van der Waals surface area contributed by atoms with Gasteiger partial charge in [0, 0.05) is 0 Å². The van der Waals surface area contributed by atoms with Crippen LogP contribution in [0.25, 0.3) is 0 Å². The van der Waals surface area contributed by atoms with Crippen LogP contribution in [0.1, 0.15) is 18.9 Å². The van der Waals surface area contributed by atoms with Gasteiger partial charge in [0.05, 0.1) is 6.42 Å². The minimum absolute atomic E-state index is 0.101. The van der Waals surface area contributed by atoms with Gasteiger partial charge in [-0.25, -0.2) is 4.79 Å². The zero-order chi connectivity index (χ0) is 12.8. The molecule has 0 unspecified atom stereocenters. The number of hydrogen-bond donors (Lipinski definition) is 3. The van der Waals surface area contributed by atoms with Crippen LogP contribution in [0.3, 0.4) is 0 Å². The highest BCUT2D eigenvalue weighted by molar-refractivity contribution is 5.84. The fraction of sp³-hybridized carbons (Fsp3) is 0.333. The van der Waals surface area contributed by atoms with Crippen LogP contribution < -0.4 is 5.32 Å². The first-order valence-electron chi connectivity index (χ1n) is 5.33. The second-order valence-electron chi connectivity index (χ2n) is 3.71. The lowest BCUT2D eigenvalue weighted by Crippen LogP contribution is -2.40. The van der Waals surface area contributed by atoms with Gasteiger partial charge in [-0.3, -0.25) is 4.79 Å². The Morgan fingerprint density at radius 2 is 1.88 bits per heavy atom. The van der Waals surface area contributed by atoms with Crippen molar-refractivity contribution < 1.29 is 19.8 Å². The maximum absolute atomic E-state index is 11.5. The lowest BCUT2D eigenvalue weighted by atomic mass is 10.1. The average Bonchev–Trinajstić information content (AvgIpc) is 2.28. The topological polar surface area (TPSA) is 86.6 Å². The molecule has 0 bridgehead atoms. The van der Waals surface area contributed by atoms with Crippen molar-refractivity contribution in [3.8, 4) is 5.75 Å². The Morgan fingerprint density at radius 1 is 1.29 bits per heavy atom. The largest absolute Gasteiger partial charge is 0.508 e. The van der Waals surface area contributed by atoms with Gasteiger partial charge in [0.1, 0.15) is 11.8 Å². The van der Waals surface area contributed by atoms with E-state index in [2.05, 4.69) is 5.32 Å². The van der Waals surface area contributed by atoms with Gasteiger partial charge in [-0.05, 0) is 24.1 Å². The van der Waals surface area contributed by atoms with Gasteiger partial charge in [0.25, 0.3) is 0 Å². The third-order valence-electron chi connectivity index (χ3n) is 2.34. The van der Waals surface area contributed by atoms with Crippen molar-refractivity contribution in [2.24, 2.45) is 0 Å². The predicted molar refractivity (Wildman–Crippen MR) is 61.7 cm³/mol. The van der Waals surface area contributed by atoms with Gasteiger partial charge < -0.3 is 15.5 Å². The van der Waals surface area contributed by atoms with Crippen molar-refractivity contribution in [2.75, 3.05) is 0 Å². The molecule has 0 aliphatic heterocycles. The van der Waals surface area contributed by atoms with E-state index in [1.807, 2.05) is 0 Å². The Balaban J connectivity index is 2.54. The number of phenolic OH excluding ortho intramolecular Hbond substituents is 1. The van der Waals surface area contributed by atoms with E-state index in [-0.39, 0.29) is 18.1 Å². The first-order valence-corrected chi connectivity index (χ1v) is 5.33. The van der Waals surface area contributed by atoms with Crippen molar-refractivity contribution in [3.63, 3.8) is 0 Å². The predicted octanol–water partition coefficient (Wildman–Crippen LogP) is 0.914. The molecule has 0 spiro atoms. The minimum atomic E-state index is -1.04. The zero-order valence-corrected chi connectivity index (χ0v) is 9.51. The molecule has 92 valence electrons. The van der Waals surface area contributed by atoms with Crippen LogP contribution in [-0.2, 0) is 16.0 Å². The number of rotatable bonds is 5. The molecule has 0 saturated carbocycles. The van der Waals surface area contributed by atoms with E-state index in [4.69, 9.17) is 10.2 Å². The number of phenols is 1. The molecule has 0 aliphatic rings. The summed E-state index contributed by atoms with van der Waals surface area (Å²) < 4.78 is 0. The maximum Gasteiger partial charge on any atom is 0.326 e. The molecule has 0 radical (unpaired) electrons. The first-order chi connectivity index (χ1) is 8.02. The smallest absolute Gasteiger partial charge is 0.326 e. The summed E-state index contributed by atoms with van der Waals surface area (Å²) in [6.07, 6.45) is 0.445. The van der Waals surface area contributed by atoms with Crippen molar-refractivity contribution in [1.29, 1.82) is 0 Å². The molecule has 1 atom stereocenters. The number of carbonyl (C=O) groups is 2. The van der Waals surface area contributed by atoms with E-state index in [9.17, 15) is 9.59 Å². The summed E-state index contributed by atoms with van der Waals surface area (Å²) in [6, 6.07) is 5.36. The number of carboxylic acid groups (broad SMARTS) is 1. The van der Waals surface area contributed by atoms with Gasteiger partial charge >= 0.3 is 5.97 Å². The number of nitrogens with one attached hydrogen (secondary N) is 1. The van der Waals surface area contributed by atoms with Gasteiger partial charge in [-0.2, -0.15) is 0 Å². The minimum Gasteiger partial charge on any atom is -0.508 e. The van der Waals surface area contributed by atoms with Gasteiger partial charge in [-0.1, -0.05) is 19.1 Å². The second kappa shape index (κ2) is 5.89. The SMILES string of the molecule is CC[C@@H](NC(=O)Cc1ccc(O)cc1)C(=O)O. The summed E-state index contributed by atoms with van der Waals surface area (Å²) in [5, 5.41) is 20.3. The van der Waals surface area contributed by atoms with Crippen molar-refractivity contribution in [2.45, 2.75) is 25.8 Å². The first kappa shape index (κ1) is 13.0. The number of amides is 1. The number of aromatic hydroxyl groups is 1. The monoisotopic (exact) mass is 237 g/mol. The summed E-state index contributed by atoms with van der Waals surface area (Å²) in [7, 11) is 0. The van der Waals surface area contributed by atoms with E-state index >= 15 is 0 Å². The van der Waals surface area contributed by atoms with Crippen molar-refractivity contribution >= 4 is 11.9 Å². The fourth-order valence-electron chi connectivity index (χ4n) is 1.38. The normalized spacial score (nSPS) is 11.8. The number of hydrogen-bond acceptors (Lipinski definition) is 3. The van der Waals surface area contributed by atoms with Crippen LogP contribution in [0.15, 0.2) is 24.3 Å². The summed E-state index contributed by atoms with van der Waals surface area (Å²) in [4.78, 5) is 22.2. The number of benzene rings is 1. The summed E-state index contributed by atoms with van der Waals surface area (Å²) >= 11 is 0. The molecule has 3 N–H and O–H groups in total. The molecular weight excluding hydrogens is 222 g/mol. The molecule has 0 heterocycles. The van der Waals surface area contributed by atoms with Crippen LogP contribution in [-0.4, -0.2) is 28.1 Å². The van der Waals surface area contributed by atoms with Crippen molar-refractivity contribution in [3.05, 3.63) is 29.8 Å². The third-order valence-corrected chi connectivity index (χ3v) is 2.34. The molecule has 5 heteroatoms. The molecule has 1 amide bonds. The van der Waals surface area contributed by atoms with Crippen LogP contribution in [0.4, 0.5) is 0 Å². The van der Waals surface area contributed by atoms with Gasteiger partial charge in [-0.15, -0.1) is 0 Å². The van der Waals surface area contributed by atoms with Gasteiger partial charge in [0.2, 0.25) is 5.91 Å². The molecule has 0 aliphatic carbocycles. The highest BCUT2D eigenvalue weighted by Crippen LogP contribution is 2.10. The summed E-state index contributed by atoms with van der Waals surface area (Å²) in [5.74, 6) is -1.25. The Morgan fingerprint density at radius 3 is 2.35 bits per heavy atom. The van der Waals surface area contributed by atoms with Crippen LogP contribution >= 0.6 is 0 Å². The molecule has 1 aromatic rings. The zero-order valence-electron chi connectivity index (χ0n) is 9.51. The van der Waals surface area contributed by atoms with Gasteiger partial charge in [0.15, 0.2) is 0 Å². The molecule has 0 aromatic heterocycles. The third kappa shape index (κ3) is 4.14. The number of carbonyl (C=O) groups excluding carboxylic acids is 1. The Bertz CT molecular complexity index is 399. The summed E-state index contributed by atoms with van der Waals surface area (Å²) in [6.45, 7) is 1.69. The van der Waals surface area contributed by atoms with Crippen molar-refractivity contribution in [1.82, 2.24) is 5.32 Å². The Kier molecular flexibility index (Phi) is 4.51. The highest BCUT2D eigenvalue weighted by atomic mass is 16.4. The lowest BCUT2D eigenvalue weighted by Gasteiger charge is -2.12. The molecular formula is C12H15NO4. The van der Waals surface area contributed by atoms with E-state index in [0.29, 0.717) is 6.42 Å². The lowest BCUT2D eigenvalue weighted by molar-refractivity contribution is -0.141. The van der Waals surface area contributed by atoms with Crippen LogP contribution in [0.2, 0.25) is 0 Å². The summed E-state index contributed by atoms with van der Waals surface area (Å²) in [5.41, 5.74) is 0.723. The van der Waals surface area contributed by atoms with Crippen LogP contribution in [0, 0.1) is 0 Å². The molecule has 0 fully saturated rings. The Hall–Kier alpha value is -2.04. The second-order valence-corrected chi connectivity index (χ2v) is 3.71. The molecule has 0 saturated heterocycles. The molecule has 5 nitrogen and oxygen atoms in total. The number of aliphatic carboxylic acids is 1. The standard InChI is InChI=1S/C12H15NO4/c1-2-10(12(16)17)13-11(15)7-8-3-5-9(14)6-4-8/h3-6,10,14H,2,7H2,1H3,(H,13,15)(H,16,17)/t10-/m1/s1. The quantitative estimate of drug-likeness (QED) is 0.710. The molecule has 1 rings (SSSR count). The Labute approximate surface area is 99.1 Å². The maximum atomic E-state index is 11.5. The fourth-order valence-corrected chi connectivity index (χ4v) is 1.38. The highest BCUT2D eigenvalue weighted by Gasteiger charge is 2.17. The van der Waals surface area contributed by atoms with E-state index in [1.54, 1.807) is 19.1 Å². The van der Waals surface area contributed by atoms with Crippen LogP contribution in [0.5, 0.6) is 5.75 Å². The van der Waals surface area contributed by atoms with E-state index in [1.165, 1.54) is 12.1 Å². The molecule has 17 heavy (non-hydrogen) atoms. The van der Waals surface area contributed by atoms with E-state index in [0.717, 1.165) is 5.56 Å². The number of carboxylic acids is 1. The van der Waals surface area contributed by atoms with E-state index < -0.39 is 12.0 Å². The molecule has 1 aromatic carbocycles. The average molecular weight is 237 g/mol.